The Morgan fingerprint density at radius 2 is 2.05 bits per heavy atom. The van der Waals surface area contributed by atoms with Crippen molar-refractivity contribution in [1.82, 2.24) is 4.98 Å². The minimum atomic E-state index is -0.454. The van der Waals surface area contributed by atoms with Crippen molar-refractivity contribution in [3.8, 4) is 0 Å². The highest BCUT2D eigenvalue weighted by Gasteiger charge is 2.24. The molecule has 1 aliphatic rings. The third kappa shape index (κ3) is 2.89. The van der Waals surface area contributed by atoms with Gasteiger partial charge in [0.25, 0.3) is 0 Å². The molecule has 0 spiro atoms. The van der Waals surface area contributed by atoms with Crippen LogP contribution in [0, 0.1) is 0 Å². The first-order chi connectivity index (χ1) is 9.61. The summed E-state index contributed by atoms with van der Waals surface area (Å²) in [5.74, 6) is -0.185. The van der Waals surface area contributed by atoms with Crippen molar-refractivity contribution >= 4 is 61.1 Å². The Balaban J connectivity index is 1.94. The van der Waals surface area contributed by atoms with Crippen molar-refractivity contribution in [3.05, 3.63) is 55.0 Å². The van der Waals surface area contributed by atoms with E-state index in [0.29, 0.717) is 5.56 Å². The third-order valence-corrected chi connectivity index (χ3v) is 4.51. The molecule has 0 aromatic carbocycles. The molecule has 7 heteroatoms. The number of hydrogen-bond donors (Lipinski definition) is 0. The molecule has 0 saturated carbocycles. The van der Waals surface area contributed by atoms with Gasteiger partial charge in [0, 0.05) is 31.6 Å². The number of pyridine rings is 1. The zero-order valence-electron chi connectivity index (χ0n) is 9.84. The summed E-state index contributed by atoms with van der Waals surface area (Å²) in [5, 5.41) is 1.94. The summed E-state index contributed by atoms with van der Waals surface area (Å²) in [7, 11) is 0. The maximum atomic E-state index is 11.8. The number of hydrogen-bond acceptors (Lipinski definition) is 5. The van der Waals surface area contributed by atoms with Crippen LogP contribution in [0.4, 0.5) is 0 Å². The summed E-state index contributed by atoms with van der Waals surface area (Å²) in [4.78, 5) is 21.0. The highest BCUT2D eigenvalue weighted by Crippen LogP contribution is 2.25. The second kappa shape index (κ2) is 5.59. The van der Waals surface area contributed by atoms with Crippen LogP contribution in [-0.4, -0.2) is 16.9 Å². The van der Waals surface area contributed by atoms with Crippen LogP contribution >= 0.6 is 43.2 Å². The number of rotatable bonds is 2. The predicted octanol–water partition coefficient (Wildman–Crippen LogP) is 4.01. The van der Waals surface area contributed by atoms with Gasteiger partial charge in [0.2, 0.25) is 5.90 Å². The maximum Gasteiger partial charge on any atom is 0.363 e. The lowest BCUT2D eigenvalue weighted by Crippen LogP contribution is -2.05. The molecule has 0 amide bonds. The largest absolute Gasteiger partial charge is 0.402 e. The second-order valence-corrected chi connectivity index (χ2v) is 6.67. The molecule has 1 aliphatic heterocycles. The fourth-order valence-corrected chi connectivity index (χ4v) is 3.33. The van der Waals surface area contributed by atoms with E-state index in [9.17, 15) is 4.79 Å². The van der Waals surface area contributed by atoms with Gasteiger partial charge in [-0.05, 0) is 50.1 Å². The molecular weight excluding hydrogens is 408 g/mol. The van der Waals surface area contributed by atoms with Gasteiger partial charge in [-0.2, -0.15) is 0 Å². The summed E-state index contributed by atoms with van der Waals surface area (Å²) in [6.07, 6.45) is 4.96. The number of nitrogens with zero attached hydrogens (tertiary/aromatic N) is 2. The molecule has 0 N–H and O–H groups in total. The number of aromatic nitrogens is 1. The number of carbonyl (C=O) groups is 1. The lowest BCUT2D eigenvalue weighted by atomic mass is 10.3. The van der Waals surface area contributed by atoms with Crippen LogP contribution in [0.3, 0.4) is 0 Å². The Hall–Kier alpha value is -1.31. The monoisotopic (exact) mass is 412 g/mol. The van der Waals surface area contributed by atoms with Crippen molar-refractivity contribution in [2.75, 3.05) is 0 Å². The van der Waals surface area contributed by atoms with Crippen LogP contribution in [-0.2, 0) is 9.53 Å². The van der Waals surface area contributed by atoms with Gasteiger partial charge in [-0.3, -0.25) is 4.98 Å². The number of ether oxygens (including phenoxy) is 1. The Morgan fingerprint density at radius 3 is 2.75 bits per heavy atom. The lowest BCUT2D eigenvalue weighted by molar-refractivity contribution is -0.129. The van der Waals surface area contributed by atoms with E-state index in [1.54, 1.807) is 24.5 Å². The number of cyclic esters (lactones) is 1. The van der Waals surface area contributed by atoms with Crippen molar-refractivity contribution in [3.63, 3.8) is 0 Å². The minimum Gasteiger partial charge on any atom is -0.402 e. The van der Waals surface area contributed by atoms with Gasteiger partial charge >= 0.3 is 5.97 Å². The van der Waals surface area contributed by atoms with E-state index >= 15 is 0 Å². The number of esters is 1. The molecular formula is C13H6Br2N2O2S. The average molecular weight is 414 g/mol. The molecule has 100 valence electrons. The molecule has 2 aromatic rings. The van der Waals surface area contributed by atoms with Gasteiger partial charge in [0.15, 0.2) is 5.70 Å². The molecule has 0 unspecified atom stereocenters. The average Bonchev–Trinajstić information content (AvgIpc) is 2.97. The van der Waals surface area contributed by atoms with Crippen LogP contribution in [0.25, 0.3) is 6.08 Å². The van der Waals surface area contributed by atoms with Crippen LogP contribution in [0.5, 0.6) is 0 Å². The topological polar surface area (TPSA) is 51.5 Å². The molecule has 3 rings (SSSR count). The summed E-state index contributed by atoms with van der Waals surface area (Å²) < 4.78 is 6.94. The Kier molecular flexibility index (Phi) is 3.82. The molecule has 0 bridgehead atoms. The number of carbonyl (C=O) groups excluding carboxylic acids is 1. The first-order valence-electron chi connectivity index (χ1n) is 5.49. The number of aliphatic imine (C=N–C) groups is 1. The van der Waals surface area contributed by atoms with E-state index in [1.165, 1.54) is 11.3 Å². The van der Waals surface area contributed by atoms with Crippen molar-refractivity contribution in [2.24, 2.45) is 4.99 Å². The van der Waals surface area contributed by atoms with Gasteiger partial charge in [-0.15, -0.1) is 11.3 Å². The highest BCUT2D eigenvalue weighted by atomic mass is 79.9. The van der Waals surface area contributed by atoms with Gasteiger partial charge in [-0.25, -0.2) is 9.79 Å². The first kappa shape index (κ1) is 13.7. The summed E-state index contributed by atoms with van der Waals surface area (Å²) in [6.45, 7) is 0. The quantitative estimate of drug-likeness (QED) is 0.552. The molecule has 0 saturated heterocycles. The van der Waals surface area contributed by atoms with E-state index < -0.39 is 5.97 Å². The van der Waals surface area contributed by atoms with Crippen molar-refractivity contribution in [2.45, 2.75) is 0 Å². The maximum absolute atomic E-state index is 11.8. The molecule has 3 heterocycles. The lowest BCUT2D eigenvalue weighted by Gasteiger charge is -1.98. The fourth-order valence-electron chi connectivity index (χ4n) is 1.60. The fraction of sp³-hybridized carbons (Fsp3) is 0. The molecule has 0 aliphatic carbocycles. The Labute approximate surface area is 135 Å². The normalized spacial score (nSPS) is 16.4. The molecule has 20 heavy (non-hydrogen) atoms. The van der Waals surface area contributed by atoms with E-state index in [4.69, 9.17) is 4.74 Å². The molecule has 0 radical (unpaired) electrons. The van der Waals surface area contributed by atoms with Gasteiger partial charge in [0.1, 0.15) is 0 Å². The zero-order valence-corrected chi connectivity index (χ0v) is 13.8. The summed E-state index contributed by atoms with van der Waals surface area (Å²) in [5.41, 5.74) is 0.942. The minimum absolute atomic E-state index is 0.269. The van der Waals surface area contributed by atoms with Crippen LogP contribution in [0.2, 0.25) is 0 Å². The summed E-state index contributed by atoms with van der Waals surface area (Å²) >= 11 is 8.21. The smallest absolute Gasteiger partial charge is 0.363 e. The Bertz CT molecular complexity index is 752. The zero-order chi connectivity index (χ0) is 14.1. The third-order valence-electron chi connectivity index (χ3n) is 2.44. The van der Waals surface area contributed by atoms with E-state index in [1.807, 2.05) is 11.4 Å². The molecule has 2 aromatic heterocycles. The highest BCUT2D eigenvalue weighted by molar-refractivity contribution is 9.10. The van der Waals surface area contributed by atoms with Gasteiger partial charge < -0.3 is 4.74 Å². The predicted molar refractivity (Wildman–Crippen MR) is 84.6 cm³/mol. The van der Waals surface area contributed by atoms with E-state index in [0.717, 1.165) is 13.8 Å². The Morgan fingerprint density at radius 1 is 1.20 bits per heavy atom. The van der Waals surface area contributed by atoms with Crippen molar-refractivity contribution in [1.29, 1.82) is 0 Å². The first-order valence-corrected chi connectivity index (χ1v) is 7.96. The standard InChI is InChI=1S/C13H6Br2N2O2S/c14-8-1-7(4-16-5-8)12-17-11(13(18)19-12)3-10-2-9(15)6-20-10/h1-6H. The van der Waals surface area contributed by atoms with E-state index in [2.05, 4.69) is 41.8 Å². The van der Waals surface area contributed by atoms with Crippen LogP contribution in [0.15, 0.2) is 49.5 Å². The van der Waals surface area contributed by atoms with Gasteiger partial charge in [0.05, 0.1) is 5.56 Å². The second-order valence-electron chi connectivity index (χ2n) is 3.90. The van der Waals surface area contributed by atoms with Crippen molar-refractivity contribution < 1.29 is 9.53 Å². The van der Waals surface area contributed by atoms with Crippen LogP contribution in [0.1, 0.15) is 10.4 Å². The SMILES string of the molecule is O=C1OC(c2cncc(Br)c2)=NC1=Cc1cc(Br)cs1. The van der Waals surface area contributed by atoms with E-state index in [-0.39, 0.29) is 11.6 Å². The number of halogens is 2. The summed E-state index contributed by atoms with van der Waals surface area (Å²) in [6, 6.07) is 3.71. The number of thiophene rings is 1. The van der Waals surface area contributed by atoms with Crippen LogP contribution < -0.4 is 0 Å². The molecule has 0 fully saturated rings. The molecule has 4 nitrogen and oxygen atoms in total. The molecule has 0 atom stereocenters. The van der Waals surface area contributed by atoms with Gasteiger partial charge in [-0.1, -0.05) is 0 Å².